The van der Waals surface area contributed by atoms with E-state index in [9.17, 15) is 4.79 Å². The molecule has 0 fully saturated rings. The molecule has 0 N–H and O–H groups in total. The number of likely N-dealkylation sites (N-methyl/N-ethyl adjacent to an activating group) is 1. The maximum Gasteiger partial charge on any atom is 0.325 e. The number of methoxy groups -OCH3 is 1. The average molecular weight is 255 g/mol. The molecule has 0 spiro atoms. The molecule has 0 aliphatic carbocycles. The van der Waals surface area contributed by atoms with Crippen LogP contribution in [0.5, 0.6) is 0 Å². The minimum atomic E-state index is -0.245. The third kappa shape index (κ3) is 3.13. The Bertz CT molecular complexity index is 552. The minimum Gasteiger partial charge on any atom is -0.468 e. The second kappa shape index (κ2) is 6.05. The quantitative estimate of drug-likeness (QED) is 0.787. The number of ether oxygens (including phenoxy) is 1. The Hall–Kier alpha value is -2.29. The van der Waals surface area contributed by atoms with E-state index < -0.39 is 0 Å². The van der Waals surface area contributed by atoms with E-state index in [1.54, 1.807) is 0 Å². The summed E-state index contributed by atoms with van der Waals surface area (Å²) in [5.74, 6) is -0.245. The molecule has 3 nitrogen and oxygen atoms in total. The van der Waals surface area contributed by atoms with Crippen LogP contribution < -0.4 is 4.90 Å². The zero-order valence-corrected chi connectivity index (χ0v) is 11.2. The van der Waals surface area contributed by atoms with Gasteiger partial charge >= 0.3 is 5.97 Å². The molecule has 2 aromatic carbocycles. The van der Waals surface area contributed by atoms with Crippen LogP contribution in [0.25, 0.3) is 11.1 Å². The van der Waals surface area contributed by atoms with Gasteiger partial charge in [0.15, 0.2) is 0 Å². The number of hydrogen-bond acceptors (Lipinski definition) is 3. The summed E-state index contributed by atoms with van der Waals surface area (Å²) in [5, 5.41) is 0. The molecule has 19 heavy (non-hydrogen) atoms. The Labute approximate surface area is 113 Å². The molecule has 0 saturated carbocycles. The number of carbonyl (C=O) groups excluding carboxylic acids is 1. The van der Waals surface area contributed by atoms with Crippen LogP contribution in [-0.4, -0.2) is 26.7 Å². The normalized spacial score (nSPS) is 10.0. The van der Waals surface area contributed by atoms with Crippen molar-refractivity contribution in [2.24, 2.45) is 0 Å². The van der Waals surface area contributed by atoms with Crippen LogP contribution in [0.2, 0.25) is 0 Å². The zero-order chi connectivity index (χ0) is 13.7. The average Bonchev–Trinajstić information content (AvgIpc) is 2.48. The van der Waals surface area contributed by atoms with Gasteiger partial charge in [-0.1, -0.05) is 48.5 Å². The molecule has 0 aliphatic rings. The van der Waals surface area contributed by atoms with Crippen molar-refractivity contribution in [3.05, 3.63) is 54.6 Å². The lowest BCUT2D eigenvalue weighted by atomic mass is 10.0. The fraction of sp³-hybridized carbons (Fsp3) is 0.188. The van der Waals surface area contributed by atoms with Crippen molar-refractivity contribution >= 4 is 11.7 Å². The van der Waals surface area contributed by atoms with Crippen LogP contribution in [0.15, 0.2) is 54.6 Å². The van der Waals surface area contributed by atoms with Gasteiger partial charge in [0.1, 0.15) is 6.54 Å². The van der Waals surface area contributed by atoms with Crippen molar-refractivity contribution < 1.29 is 9.53 Å². The van der Waals surface area contributed by atoms with E-state index in [0.29, 0.717) is 0 Å². The summed E-state index contributed by atoms with van der Waals surface area (Å²) in [6.45, 7) is 0.236. The van der Waals surface area contributed by atoms with Gasteiger partial charge in [0.2, 0.25) is 0 Å². The first-order valence-corrected chi connectivity index (χ1v) is 6.15. The Morgan fingerprint density at radius 2 is 1.68 bits per heavy atom. The highest BCUT2D eigenvalue weighted by Gasteiger charge is 2.11. The third-order valence-electron chi connectivity index (χ3n) is 2.99. The van der Waals surface area contributed by atoms with E-state index in [4.69, 9.17) is 4.74 Å². The van der Waals surface area contributed by atoms with Gasteiger partial charge in [0, 0.05) is 18.3 Å². The topological polar surface area (TPSA) is 29.5 Å². The van der Waals surface area contributed by atoms with Gasteiger partial charge in [-0.25, -0.2) is 0 Å². The molecule has 2 rings (SSSR count). The summed E-state index contributed by atoms with van der Waals surface area (Å²) in [5.41, 5.74) is 3.25. The Morgan fingerprint density at radius 1 is 1.05 bits per heavy atom. The van der Waals surface area contributed by atoms with E-state index in [-0.39, 0.29) is 12.5 Å². The van der Waals surface area contributed by atoms with Crippen LogP contribution in [-0.2, 0) is 9.53 Å². The van der Waals surface area contributed by atoms with Crippen molar-refractivity contribution in [3.63, 3.8) is 0 Å². The molecule has 0 aliphatic heterocycles. The molecule has 2 aromatic rings. The van der Waals surface area contributed by atoms with Crippen molar-refractivity contribution in [1.82, 2.24) is 0 Å². The lowest BCUT2D eigenvalue weighted by molar-refractivity contribution is -0.138. The number of para-hydroxylation sites is 1. The molecule has 0 atom stereocenters. The predicted molar refractivity (Wildman–Crippen MR) is 77.2 cm³/mol. The van der Waals surface area contributed by atoms with Crippen molar-refractivity contribution in [2.45, 2.75) is 0 Å². The largest absolute Gasteiger partial charge is 0.468 e. The molecule has 0 amide bonds. The fourth-order valence-corrected chi connectivity index (χ4v) is 2.01. The van der Waals surface area contributed by atoms with E-state index in [0.717, 1.165) is 16.8 Å². The number of benzene rings is 2. The minimum absolute atomic E-state index is 0.236. The summed E-state index contributed by atoms with van der Waals surface area (Å²) in [4.78, 5) is 13.3. The smallest absolute Gasteiger partial charge is 0.325 e. The lowest BCUT2D eigenvalue weighted by Crippen LogP contribution is -2.26. The van der Waals surface area contributed by atoms with Gasteiger partial charge in [0.25, 0.3) is 0 Å². The summed E-state index contributed by atoms with van der Waals surface area (Å²) in [6.07, 6.45) is 0. The van der Waals surface area contributed by atoms with Gasteiger partial charge in [-0.3, -0.25) is 4.79 Å². The Morgan fingerprint density at radius 3 is 2.37 bits per heavy atom. The van der Waals surface area contributed by atoms with Crippen molar-refractivity contribution in [3.8, 4) is 11.1 Å². The molecule has 0 unspecified atom stereocenters. The highest BCUT2D eigenvalue weighted by molar-refractivity contribution is 5.82. The van der Waals surface area contributed by atoms with Gasteiger partial charge in [0.05, 0.1) is 7.11 Å². The molecule has 0 bridgehead atoms. The molecular formula is C16H17NO2. The van der Waals surface area contributed by atoms with Gasteiger partial charge in [-0.05, 0) is 11.6 Å². The van der Waals surface area contributed by atoms with Crippen LogP contribution in [0, 0.1) is 0 Å². The SMILES string of the molecule is COC(=O)CN(C)c1ccccc1-c1ccccc1. The molecule has 3 heteroatoms. The molecule has 98 valence electrons. The molecule has 0 saturated heterocycles. The first-order valence-electron chi connectivity index (χ1n) is 6.15. The maximum atomic E-state index is 11.4. The maximum absolute atomic E-state index is 11.4. The van der Waals surface area contributed by atoms with E-state index in [1.165, 1.54) is 7.11 Å². The zero-order valence-electron chi connectivity index (χ0n) is 11.2. The predicted octanol–water partition coefficient (Wildman–Crippen LogP) is 2.96. The summed E-state index contributed by atoms with van der Waals surface area (Å²) in [7, 11) is 3.29. The molecule has 0 heterocycles. The molecule has 0 radical (unpaired) electrons. The first kappa shape index (κ1) is 13.1. The van der Waals surface area contributed by atoms with Gasteiger partial charge in [-0.2, -0.15) is 0 Å². The van der Waals surface area contributed by atoms with Crippen LogP contribution >= 0.6 is 0 Å². The first-order chi connectivity index (χ1) is 9.22. The third-order valence-corrected chi connectivity index (χ3v) is 2.99. The van der Waals surface area contributed by atoms with Crippen LogP contribution in [0.4, 0.5) is 5.69 Å². The Kier molecular flexibility index (Phi) is 4.18. The highest BCUT2D eigenvalue weighted by atomic mass is 16.5. The van der Waals surface area contributed by atoms with E-state index in [2.05, 4.69) is 18.2 Å². The number of nitrogens with zero attached hydrogens (tertiary/aromatic N) is 1. The van der Waals surface area contributed by atoms with Gasteiger partial charge in [-0.15, -0.1) is 0 Å². The summed E-state index contributed by atoms with van der Waals surface area (Å²) in [6, 6.07) is 18.1. The van der Waals surface area contributed by atoms with Crippen LogP contribution in [0.3, 0.4) is 0 Å². The molecular weight excluding hydrogens is 238 g/mol. The number of rotatable bonds is 4. The summed E-state index contributed by atoms with van der Waals surface area (Å²) < 4.78 is 4.71. The Balaban J connectivity index is 2.34. The second-order valence-electron chi connectivity index (χ2n) is 4.32. The molecule has 0 aromatic heterocycles. The summed E-state index contributed by atoms with van der Waals surface area (Å²) >= 11 is 0. The van der Waals surface area contributed by atoms with Crippen molar-refractivity contribution in [2.75, 3.05) is 25.6 Å². The van der Waals surface area contributed by atoms with Gasteiger partial charge < -0.3 is 9.64 Å². The van der Waals surface area contributed by atoms with Crippen molar-refractivity contribution in [1.29, 1.82) is 0 Å². The number of hydrogen-bond donors (Lipinski definition) is 0. The lowest BCUT2D eigenvalue weighted by Gasteiger charge is -2.21. The number of esters is 1. The van der Waals surface area contributed by atoms with E-state index >= 15 is 0 Å². The monoisotopic (exact) mass is 255 g/mol. The van der Waals surface area contributed by atoms with Crippen LogP contribution in [0.1, 0.15) is 0 Å². The number of carbonyl (C=O) groups is 1. The second-order valence-corrected chi connectivity index (χ2v) is 4.32. The highest BCUT2D eigenvalue weighted by Crippen LogP contribution is 2.29. The van der Waals surface area contributed by atoms with E-state index in [1.807, 2.05) is 48.3 Å². The number of anilines is 1. The standard InChI is InChI=1S/C16H17NO2/c1-17(12-16(18)19-2)15-11-7-6-10-14(15)13-8-4-3-5-9-13/h3-11H,12H2,1-2H3. The fourth-order valence-electron chi connectivity index (χ4n) is 2.01.